The Bertz CT molecular complexity index is 102. The summed E-state index contributed by atoms with van der Waals surface area (Å²) >= 11 is 10.4. The number of alkyl halides is 2. The quantitative estimate of drug-likeness (QED) is 0.247. The van der Waals surface area contributed by atoms with Gasteiger partial charge in [-0.15, -0.1) is 11.6 Å². The molecule has 0 fully saturated rings. The fourth-order valence-corrected chi connectivity index (χ4v) is 0.339. The lowest BCUT2D eigenvalue weighted by Gasteiger charge is -2.22. The van der Waals surface area contributed by atoms with Crippen LogP contribution in [0.1, 0.15) is 713 Å². The Morgan fingerprint density at radius 1 is 0.124 bits per heavy atom. The number of aliphatic hydroxyl groups excluding tert-OH is 3. The van der Waals surface area contributed by atoms with E-state index in [4.69, 9.17) is 38.5 Å². The van der Waals surface area contributed by atoms with Crippen molar-refractivity contribution in [1.82, 2.24) is 0 Å². The first-order chi connectivity index (χ1) is 4.06. The molecule has 0 spiro atoms. The zero-order chi connectivity index (χ0) is 7.49. The Labute approximate surface area is 770 Å². The predicted octanol–water partition coefficient (Wildman–Crippen LogP) is 60.6. The van der Waals surface area contributed by atoms with Gasteiger partial charge in [-0.25, -0.2) is 0 Å². The van der Waals surface area contributed by atoms with E-state index in [1.165, 1.54) is 0 Å². The maximum atomic E-state index is 8.58. The lowest BCUT2D eigenvalue weighted by Crippen LogP contribution is -2.40. The monoisotopic (exact) mass is 1710 g/mol. The van der Waals surface area contributed by atoms with E-state index in [0.29, 0.717) is 0 Å². The molecule has 1 unspecified atom stereocenters. The van der Waals surface area contributed by atoms with Crippen molar-refractivity contribution in [2.24, 2.45) is 0 Å². The van der Waals surface area contributed by atoms with E-state index in [2.05, 4.69) is 0 Å². The van der Waals surface area contributed by atoms with Gasteiger partial charge in [0.15, 0.2) is 5.56 Å². The van der Waals surface area contributed by atoms with Gasteiger partial charge in [-0.05, 0) is 0 Å². The average Bonchev–Trinajstić information content (AvgIpc) is 1.86. The summed E-state index contributed by atoms with van der Waals surface area (Å²) in [6, 6.07) is 0. The minimum atomic E-state index is -1.51. The van der Waals surface area contributed by atoms with Crippen molar-refractivity contribution in [3.8, 4) is 0 Å². The van der Waals surface area contributed by atoms with E-state index in [1.54, 1.807) is 0 Å². The van der Waals surface area contributed by atoms with E-state index >= 15 is 0 Å². The van der Waals surface area contributed by atoms with Crippen LogP contribution in [-0.4, -0.2) is 39.0 Å². The second-order valence-electron chi connectivity index (χ2n) is 1.69. The third-order valence-corrected chi connectivity index (χ3v) is 1.93. The predicted molar refractivity (Wildman–Crippen MR) is 681 cm³/mol. The molecule has 0 radical (unpaired) electrons. The fourth-order valence-electron chi connectivity index (χ4n) is 0.201. The normalized spacial score (nSPS) is 1.34. The van der Waals surface area contributed by atoms with Crippen molar-refractivity contribution in [1.29, 1.82) is 0 Å². The molecule has 0 saturated heterocycles. The molecule has 0 aliphatic carbocycles. The molecule has 105 heavy (non-hydrogen) atoms. The number of rotatable bonds is 3. The highest BCUT2D eigenvalue weighted by atomic mass is 35.5. The molecular formula is C100H392Cl2O3. The largest absolute Gasteiger partial charge is 0.394 e. The third kappa shape index (κ3) is 7060. The van der Waals surface area contributed by atoms with Crippen molar-refractivity contribution in [3.05, 3.63) is 0 Å². The van der Waals surface area contributed by atoms with Crippen LogP contribution >= 0.6 is 23.2 Å². The van der Waals surface area contributed by atoms with E-state index < -0.39 is 23.7 Å². The van der Waals surface area contributed by atoms with E-state index in [-0.39, 0.29) is 713 Å². The van der Waals surface area contributed by atoms with Crippen molar-refractivity contribution in [2.75, 3.05) is 13.2 Å². The molecule has 0 aliphatic heterocycles. The van der Waals surface area contributed by atoms with E-state index in [1.807, 2.05) is 0 Å². The summed E-state index contributed by atoms with van der Waals surface area (Å²) in [5.74, 6) is 0. The zero-order valence-electron chi connectivity index (χ0n) is 4.59. The van der Waals surface area contributed by atoms with Crippen molar-refractivity contribution >= 4 is 23.2 Å². The van der Waals surface area contributed by atoms with Crippen LogP contribution in [0.25, 0.3) is 0 Å². The topological polar surface area (TPSA) is 60.7 Å². The minimum Gasteiger partial charge on any atom is -0.394 e. The molecule has 824 valence electrons. The second-order valence-corrected chi connectivity index (χ2v) is 2.85. The highest BCUT2D eigenvalue weighted by Gasteiger charge is 2.33. The number of halogens is 2. The van der Waals surface area contributed by atoms with Crippen LogP contribution in [0.5, 0.6) is 0 Å². The van der Waals surface area contributed by atoms with Crippen LogP contribution < -0.4 is 0 Å². The molecule has 1 atom stereocenters. The smallest absolute Gasteiger partial charge is 0.151 e. The van der Waals surface area contributed by atoms with E-state index in [9.17, 15) is 0 Å². The van der Waals surface area contributed by atoms with Crippen LogP contribution in [0.2, 0.25) is 0 Å². The summed E-state index contributed by atoms with van der Waals surface area (Å²) in [6.45, 7) is -1.12. The number of aliphatic hydroxyl groups is 3. The van der Waals surface area contributed by atoms with Crippen LogP contribution in [0, 0.1) is 0 Å². The van der Waals surface area contributed by atoms with Gasteiger partial charge in [-0.2, -0.15) is 0 Å². The SMILES string of the molecule is C.C.C.C.C.C.C.C.C.C.C.C.C.C.C.C.C.C.C.C.C.C.C.C.C.C.C.C.C.C.C.C.C.C.C.C.C.C.C.C.C.C.C.C.C.C.C.C.C.C.C.C.C.C.C.C.C.C.C.C.C.C.C.C.C.C.C.C.C.C.C.C.C.C.C.C.C.C.C.C.C.C.C.C.C.C.C.C.C.C.C.C.C.C.C.C.OCC(Cl)(CO)C(O)Cl. The van der Waals surface area contributed by atoms with Crippen molar-refractivity contribution in [2.45, 2.75) is 723 Å². The van der Waals surface area contributed by atoms with Gasteiger partial charge in [0.1, 0.15) is 4.87 Å². The Kier molecular flexibility index (Phi) is 1300000. The second kappa shape index (κ2) is 8510. The summed E-state index contributed by atoms with van der Waals surface area (Å²) in [5, 5.41) is 25.4. The van der Waals surface area contributed by atoms with Gasteiger partial charge < -0.3 is 15.3 Å². The van der Waals surface area contributed by atoms with E-state index in [0.717, 1.165) is 0 Å². The summed E-state index contributed by atoms with van der Waals surface area (Å²) in [6.07, 6.45) is 0. The third-order valence-electron chi connectivity index (χ3n) is 0.953. The van der Waals surface area contributed by atoms with Gasteiger partial charge in [0.05, 0.1) is 13.2 Å². The highest BCUT2D eigenvalue weighted by molar-refractivity contribution is 6.32. The van der Waals surface area contributed by atoms with Crippen LogP contribution in [0.4, 0.5) is 0 Å². The first kappa shape index (κ1) is 16100. The molecule has 0 heterocycles. The summed E-state index contributed by atoms with van der Waals surface area (Å²) in [4.78, 5) is -1.51. The van der Waals surface area contributed by atoms with Crippen LogP contribution in [0.3, 0.4) is 0 Å². The fraction of sp³-hybridized carbons (Fsp3) is 1.00. The molecule has 0 bridgehead atoms. The molecule has 0 aromatic carbocycles. The average molecular weight is 1720 g/mol. The van der Waals surface area contributed by atoms with Gasteiger partial charge in [-0.3, -0.25) is 0 Å². The summed E-state index contributed by atoms with van der Waals surface area (Å²) in [5.41, 5.74) is -1.44. The van der Waals surface area contributed by atoms with Gasteiger partial charge >= 0.3 is 0 Å². The van der Waals surface area contributed by atoms with Crippen molar-refractivity contribution < 1.29 is 15.3 Å². The van der Waals surface area contributed by atoms with Crippen molar-refractivity contribution in [3.63, 3.8) is 0 Å². The molecule has 0 aromatic heterocycles. The Morgan fingerprint density at radius 2 is 0.152 bits per heavy atom. The molecule has 0 amide bonds. The molecule has 0 saturated carbocycles. The lowest BCUT2D eigenvalue weighted by molar-refractivity contribution is 0.0946. The maximum absolute atomic E-state index is 8.58. The summed E-state index contributed by atoms with van der Waals surface area (Å²) in [7, 11) is 0. The van der Waals surface area contributed by atoms with Crippen LogP contribution in [-0.2, 0) is 0 Å². The van der Waals surface area contributed by atoms with Gasteiger partial charge in [0.2, 0.25) is 0 Å². The molecule has 5 heteroatoms. The Hall–Kier alpha value is 0.460. The molecule has 0 aromatic rings. The molecule has 3 nitrogen and oxygen atoms in total. The van der Waals surface area contributed by atoms with Gasteiger partial charge in [0.25, 0.3) is 0 Å². The molecule has 0 aliphatic rings. The standard InChI is InChI=1S/C4H8Cl2O3.96CH4/c5-3(9)4(6,1-7)2-8;;;;;;;;;;;;;;;;;;;;;;;;;;;;;;;;;;;;;;;;;;;;;;;;;;;;;;;;;;;;;;;;;;;;;;;;;;;;;;;;;;;;;;;;;;;;;;;;/h3,7-9H,1-2H2;96*1H4. The Morgan fingerprint density at radius 3 is 0.152 bits per heavy atom. The first-order valence-corrected chi connectivity index (χ1v) is 3.11. The van der Waals surface area contributed by atoms with Gasteiger partial charge in [0, 0.05) is 0 Å². The zero-order valence-corrected chi connectivity index (χ0v) is 6.10. The Balaban J connectivity index is -0.0000000000702. The van der Waals surface area contributed by atoms with Crippen LogP contribution in [0.15, 0.2) is 0 Å². The van der Waals surface area contributed by atoms with Gasteiger partial charge in [-0.1, -0.05) is 725 Å². The maximum Gasteiger partial charge on any atom is 0.151 e. The molecule has 0 rings (SSSR count). The molecule has 3 N–H and O–H groups in total. The number of hydrogen-bond acceptors (Lipinski definition) is 3. The first-order valence-electron chi connectivity index (χ1n) is 2.29. The number of hydrogen-bond donors (Lipinski definition) is 3. The highest BCUT2D eigenvalue weighted by Crippen LogP contribution is 2.20. The minimum absolute atomic E-state index is 0. The lowest BCUT2D eigenvalue weighted by atomic mass is 10.2. The molecular weight excluding hydrogens is 1320 g/mol. The summed E-state index contributed by atoms with van der Waals surface area (Å²) < 4.78 is 0.